The summed E-state index contributed by atoms with van der Waals surface area (Å²) in [4.78, 5) is 12.0. The summed E-state index contributed by atoms with van der Waals surface area (Å²) in [6.45, 7) is 7.82. The highest BCUT2D eigenvalue weighted by Gasteiger charge is 2.25. The minimum Gasteiger partial charge on any atom is -0.379 e. The molecule has 0 saturated carbocycles. The van der Waals surface area contributed by atoms with E-state index in [1.54, 1.807) is 0 Å². The Labute approximate surface area is 92.6 Å². The molecule has 15 heavy (non-hydrogen) atoms. The summed E-state index contributed by atoms with van der Waals surface area (Å²) in [7, 11) is 0. The summed E-state index contributed by atoms with van der Waals surface area (Å²) >= 11 is 0. The molecule has 1 heterocycles. The van der Waals surface area contributed by atoms with Crippen LogP contribution < -0.4 is 5.32 Å². The molecule has 0 bridgehead atoms. The maximum absolute atomic E-state index is 12.0. The predicted molar refractivity (Wildman–Crippen MR) is 60.6 cm³/mol. The van der Waals surface area contributed by atoms with Crippen molar-refractivity contribution in [2.75, 3.05) is 13.2 Å². The standard InChI is InChI=1S/C12H23NO2/c1-4-5-11(9(2)3)12(14)13-10-6-7-15-8-10/h9-11H,4-8H2,1-3H3,(H,13,14)/t10-,11-/m1/s1. The Bertz CT molecular complexity index is 198. The number of ether oxygens (including phenoxy) is 1. The van der Waals surface area contributed by atoms with Crippen molar-refractivity contribution < 1.29 is 9.53 Å². The SMILES string of the molecule is CCC[C@@H](C(=O)N[C@@H]1CCOC1)C(C)C. The van der Waals surface area contributed by atoms with Gasteiger partial charge in [0.05, 0.1) is 12.6 Å². The van der Waals surface area contributed by atoms with Crippen molar-refractivity contribution >= 4 is 5.91 Å². The van der Waals surface area contributed by atoms with E-state index in [0.29, 0.717) is 12.5 Å². The van der Waals surface area contributed by atoms with E-state index in [0.717, 1.165) is 25.9 Å². The van der Waals surface area contributed by atoms with E-state index in [2.05, 4.69) is 26.1 Å². The maximum Gasteiger partial charge on any atom is 0.223 e. The minimum atomic E-state index is 0.163. The zero-order valence-electron chi connectivity index (χ0n) is 10.1. The van der Waals surface area contributed by atoms with Gasteiger partial charge in [0.25, 0.3) is 0 Å². The number of hydrogen-bond acceptors (Lipinski definition) is 2. The van der Waals surface area contributed by atoms with E-state index in [9.17, 15) is 4.79 Å². The lowest BCUT2D eigenvalue weighted by Crippen LogP contribution is -2.40. The van der Waals surface area contributed by atoms with Crippen molar-refractivity contribution in [1.29, 1.82) is 0 Å². The first-order valence-corrected chi connectivity index (χ1v) is 6.03. The second-order valence-electron chi connectivity index (χ2n) is 4.71. The van der Waals surface area contributed by atoms with Crippen LogP contribution >= 0.6 is 0 Å². The van der Waals surface area contributed by atoms with E-state index in [-0.39, 0.29) is 17.9 Å². The molecule has 1 fully saturated rings. The van der Waals surface area contributed by atoms with Crippen LogP contribution in [0.4, 0.5) is 0 Å². The first kappa shape index (κ1) is 12.5. The van der Waals surface area contributed by atoms with Crippen LogP contribution in [-0.4, -0.2) is 25.2 Å². The quantitative estimate of drug-likeness (QED) is 0.758. The van der Waals surface area contributed by atoms with Crippen LogP contribution in [0.2, 0.25) is 0 Å². The molecule has 0 aromatic carbocycles. The third-order valence-corrected chi connectivity index (χ3v) is 3.02. The molecule has 0 radical (unpaired) electrons. The van der Waals surface area contributed by atoms with Crippen LogP contribution in [0.5, 0.6) is 0 Å². The fraction of sp³-hybridized carbons (Fsp3) is 0.917. The summed E-state index contributed by atoms with van der Waals surface area (Å²) in [5.74, 6) is 0.797. The molecular formula is C12H23NO2. The van der Waals surface area contributed by atoms with Crippen molar-refractivity contribution in [2.45, 2.75) is 46.1 Å². The molecule has 1 saturated heterocycles. The molecule has 2 atom stereocenters. The van der Waals surface area contributed by atoms with Crippen LogP contribution in [0.25, 0.3) is 0 Å². The van der Waals surface area contributed by atoms with Gasteiger partial charge in [-0.25, -0.2) is 0 Å². The lowest BCUT2D eigenvalue weighted by Gasteiger charge is -2.21. The highest BCUT2D eigenvalue weighted by atomic mass is 16.5. The highest BCUT2D eigenvalue weighted by molar-refractivity contribution is 5.79. The maximum atomic E-state index is 12.0. The molecule has 0 spiro atoms. The van der Waals surface area contributed by atoms with Crippen molar-refractivity contribution in [3.05, 3.63) is 0 Å². The zero-order valence-corrected chi connectivity index (χ0v) is 10.1. The number of carbonyl (C=O) groups is 1. The number of rotatable bonds is 5. The van der Waals surface area contributed by atoms with Gasteiger partial charge in [-0.15, -0.1) is 0 Å². The zero-order chi connectivity index (χ0) is 11.3. The third kappa shape index (κ3) is 3.82. The van der Waals surface area contributed by atoms with E-state index in [1.807, 2.05) is 0 Å². The third-order valence-electron chi connectivity index (χ3n) is 3.02. The number of carbonyl (C=O) groups excluding carboxylic acids is 1. The van der Waals surface area contributed by atoms with Gasteiger partial charge in [-0.1, -0.05) is 27.2 Å². The van der Waals surface area contributed by atoms with Crippen molar-refractivity contribution in [3.63, 3.8) is 0 Å². The highest BCUT2D eigenvalue weighted by Crippen LogP contribution is 2.18. The van der Waals surface area contributed by atoms with Gasteiger partial charge < -0.3 is 10.1 Å². The molecule has 0 aliphatic carbocycles. The Hall–Kier alpha value is -0.570. The fourth-order valence-corrected chi connectivity index (χ4v) is 2.03. The van der Waals surface area contributed by atoms with E-state index >= 15 is 0 Å². The Morgan fingerprint density at radius 2 is 2.27 bits per heavy atom. The van der Waals surface area contributed by atoms with Gasteiger partial charge in [-0.05, 0) is 18.8 Å². The van der Waals surface area contributed by atoms with Crippen LogP contribution in [0.1, 0.15) is 40.0 Å². The molecule has 1 N–H and O–H groups in total. The predicted octanol–water partition coefficient (Wildman–Crippen LogP) is 1.96. The Morgan fingerprint density at radius 1 is 1.53 bits per heavy atom. The normalized spacial score (nSPS) is 23.1. The molecule has 3 nitrogen and oxygen atoms in total. The van der Waals surface area contributed by atoms with Gasteiger partial charge >= 0.3 is 0 Å². The van der Waals surface area contributed by atoms with Crippen LogP contribution in [0.15, 0.2) is 0 Å². The van der Waals surface area contributed by atoms with Crippen molar-refractivity contribution in [2.24, 2.45) is 11.8 Å². The van der Waals surface area contributed by atoms with Gasteiger partial charge in [0, 0.05) is 12.5 Å². The average molecular weight is 213 g/mol. The fourth-order valence-electron chi connectivity index (χ4n) is 2.03. The molecule has 0 unspecified atom stereocenters. The Morgan fingerprint density at radius 3 is 2.73 bits per heavy atom. The van der Waals surface area contributed by atoms with Crippen LogP contribution in [-0.2, 0) is 9.53 Å². The Balaban J connectivity index is 2.40. The molecule has 1 amide bonds. The molecule has 1 aliphatic rings. The monoisotopic (exact) mass is 213 g/mol. The summed E-state index contributed by atoms with van der Waals surface area (Å²) in [5.41, 5.74) is 0. The first-order chi connectivity index (χ1) is 7.15. The number of amides is 1. The molecule has 3 heteroatoms. The second kappa shape index (κ2) is 6.11. The largest absolute Gasteiger partial charge is 0.379 e. The Kier molecular flexibility index (Phi) is 5.09. The summed E-state index contributed by atoms with van der Waals surface area (Å²) in [6, 6.07) is 0.246. The number of nitrogens with one attached hydrogen (secondary N) is 1. The minimum absolute atomic E-state index is 0.163. The summed E-state index contributed by atoms with van der Waals surface area (Å²) in [5, 5.41) is 3.08. The van der Waals surface area contributed by atoms with Crippen molar-refractivity contribution in [1.82, 2.24) is 5.32 Å². The van der Waals surface area contributed by atoms with E-state index in [1.165, 1.54) is 0 Å². The lowest BCUT2D eigenvalue weighted by atomic mass is 9.90. The van der Waals surface area contributed by atoms with E-state index in [4.69, 9.17) is 4.74 Å². The van der Waals surface area contributed by atoms with Gasteiger partial charge in [0.2, 0.25) is 5.91 Å². The van der Waals surface area contributed by atoms with Crippen molar-refractivity contribution in [3.8, 4) is 0 Å². The van der Waals surface area contributed by atoms with Gasteiger partial charge in [0.1, 0.15) is 0 Å². The second-order valence-corrected chi connectivity index (χ2v) is 4.71. The van der Waals surface area contributed by atoms with Gasteiger partial charge in [-0.3, -0.25) is 4.79 Å². The van der Waals surface area contributed by atoms with E-state index < -0.39 is 0 Å². The molecule has 1 aliphatic heterocycles. The van der Waals surface area contributed by atoms with Gasteiger partial charge in [0.15, 0.2) is 0 Å². The number of hydrogen-bond donors (Lipinski definition) is 1. The smallest absolute Gasteiger partial charge is 0.223 e. The van der Waals surface area contributed by atoms with Crippen LogP contribution in [0.3, 0.4) is 0 Å². The molecular weight excluding hydrogens is 190 g/mol. The first-order valence-electron chi connectivity index (χ1n) is 6.03. The molecule has 1 rings (SSSR count). The summed E-state index contributed by atoms with van der Waals surface area (Å²) < 4.78 is 5.24. The topological polar surface area (TPSA) is 38.3 Å². The molecule has 0 aromatic rings. The van der Waals surface area contributed by atoms with Crippen LogP contribution in [0, 0.1) is 11.8 Å². The molecule has 0 aromatic heterocycles. The molecule has 88 valence electrons. The average Bonchev–Trinajstić information content (AvgIpc) is 2.65. The van der Waals surface area contributed by atoms with Gasteiger partial charge in [-0.2, -0.15) is 0 Å². The summed E-state index contributed by atoms with van der Waals surface area (Å²) in [6.07, 6.45) is 3.01. The lowest BCUT2D eigenvalue weighted by molar-refractivity contribution is -0.127.